The molecule has 0 saturated carbocycles. The lowest BCUT2D eigenvalue weighted by Gasteiger charge is -2.26. The van der Waals surface area contributed by atoms with Crippen LogP contribution in [0.1, 0.15) is 13.3 Å². The zero-order chi connectivity index (χ0) is 16.4. The van der Waals surface area contributed by atoms with Crippen molar-refractivity contribution in [2.24, 2.45) is 17.6 Å². The van der Waals surface area contributed by atoms with Gasteiger partial charge in [-0.1, -0.05) is 6.92 Å². The Morgan fingerprint density at radius 1 is 1.57 bits per heavy atom. The van der Waals surface area contributed by atoms with Crippen LogP contribution < -0.4 is 10.6 Å². The second kappa shape index (κ2) is 6.54. The maximum Gasteiger partial charge on any atom is 0.236 e. The van der Waals surface area contributed by atoms with Gasteiger partial charge in [0.05, 0.1) is 11.9 Å². The number of aromatic nitrogens is 3. The van der Waals surface area contributed by atoms with Gasteiger partial charge in [0.15, 0.2) is 0 Å². The molecule has 2 aromatic rings. The van der Waals surface area contributed by atoms with Crippen LogP contribution in [0.5, 0.6) is 0 Å². The lowest BCUT2D eigenvalue weighted by molar-refractivity contribution is -0.129. The number of fused-ring (bicyclic) bond motifs is 1. The summed E-state index contributed by atoms with van der Waals surface area (Å²) in [4.78, 5) is 27.5. The molecular weight excluding hydrogens is 292 g/mol. The molecular formula is C16H24N6O. The molecule has 0 aliphatic carbocycles. The number of rotatable bonds is 5. The molecule has 7 nitrogen and oxygen atoms in total. The van der Waals surface area contributed by atoms with E-state index in [1.54, 1.807) is 11.2 Å². The fraction of sp³-hybridized carbons (Fsp3) is 0.562. The highest BCUT2D eigenvalue weighted by atomic mass is 16.2. The molecule has 2 unspecified atom stereocenters. The van der Waals surface area contributed by atoms with Crippen LogP contribution in [0, 0.1) is 11.8 Å². The van der Waals surface area contributed by atoms with Gasteiger partial charge in [-0.05, 0) is 24.3 Å². The van der Waals surface area contributed by atoms with Crippen LogP contribution in [-0.2, 0) is 4.79 Å². The summed E-state index contributed by atoms with van der Waals surface area (Å²) in [5.74, 6) is 1.98. The largest absolute Gasteiger partial charge is 0.356 e. The van der Waals surface area contributed by atoms with Crippen molar-refractivity contribution in [1.29, 1.82) is 0 Å². The summed E-state index contributed by atoms with van der Waals surface area (Å²) in [6.45, 7) is 4.98. The van der Waals surface area contributed by atoms with Gasteiger partial charge in [-0.2, -0.15) is 0 Å². The first kappa shape index (κ1) is 15.7. The number of nitrogens with zero attached hydrogens (tertiary/aromatic N) is 4. The summed E-state index contributed by atoms with van der Waals surface area (Å²) in [6, 6.07) is 2.02. The van der Waals surface area contributed by atoms with E-state index in [1.807, 2.05) is 19.3 Å². The zero-order valence-corrected chi connectivity index (χ0v) is 13.7. The lowest BCUT2D eigenvalue weighted by atomic mass is 9.93. The van der Waals surface area contributed by atoms with E-state index in [1.165, 1.54) is 0 Å². The van der Waals surface area contributed by atoms with Crippen molar-refractivity contribution >= 4 is 22.8 Å². The average molecular weight is 316 g/mol. The highest BCUT2D eigenvalue weighted by Gasteiger charge is 2.29. The van der Waals surface area contributed by atoms with Gasteiger partial charge in [0.25, 0.3) is 0 Å². The Labute approximate surface area is 135 Å². The van der Waals surface area contributed by atoms with Gasteiger partial charge >= 0.3 is 0 Å². The number of likely N-dealkylation sites (N-methyl/N-ethyl adjacent to an activating group) is 1. The topological polar surface area (TPSA) is 91.1 Å². The minimum absolute atomic E-state index is 0.00321. The van der Waals surface area contributed by atoms with Gasteiger partial charge in [-0.3, -0.25) is 4.79 Å². The van der Waals surface area contributed by atoms with E-state index in [0.717, 1.165) is 42.9 Å². The quantitative estimate of drug-likeness (QED) is 0.853. The predicted molar refractivity (Wildman–Crippen MR) is 90.1 cm³/mol. The summed E-state index contributed by atoms with van der Waals surface area (Å²) in [7, 11) is 1.83. The van der Waals surface area contributed by atoms with Crippen molar-refractivity contribution in [3.05, 3.63) is 18.6 Å². The van der Waals surface area contributed by atoms with E-state index in [2.05, 4.69) is 26.8 Å². The van der Waals surface area contributed by atoms with E-state index in [9.17, 15) is 4.79 Å². The van der Waals surface area contributed by atoms with Crippen LogP contribution in [0.3, 0.4) is 0 Å². The van der Waals surface area contributed by atoms with Crippen molar-refractivity contribution in [2.45, 2.75) is 13.3 Å². The number of hydrogen-bond donors (Lipinski definition) is 2. The second-order valence-electron chi connectivity index (χ2n) is 6.39. The third-order valence-corrected chi connectivity index (χ3v) is 4.82. The Morgan fingerprint density at radius 3 is 3.17 bits per heavy atom. The van der Waals surface area contributed by atoms with Crippen LogP contribution in [0.15, 0.2) is 18.6 Å². The molecule has 1 aliphatic heterocycles. The van der Waals surface area contributed by atoms with Gasteiger partial charge in [-0.15, -0.1) is 0 Å². The molecule has 2 atom stereocenters. The molecule has 0 bridgehead atoms. The monoisotopic (exact) mass is 316 g/mol. The van der Waals surface area contributed by atoms with Crippen molar-refractivity contribution in [3.8, 4) is 0 Å². The Morgan fingerprint density at radius 2 is 2.39 bits per heavy atom. The highest BCUT2D eigenvalue weighted by molar-refractivity contribution is 5.87. The van der Waals surface area contributed by atoms with Gasteiger partial charge in [0, 0.05) is 32.9 Å². The van der Waals surface area contributed by atoms with Crippen LogP contribution in [0.4, 0.5) is 5.82 Å². The summed E-state index contributed by atoms with van der Waals surface area (Å²) >= 11 is 0. The lowest BCUT2D eigenvalue weighted by Crippen LogP contribution is -2.37. The van der Waals surface area contributed by atoms with Gasteiger partial charge < -0.3 is 20.5 Å². The van der Waals surface area contributed by atoms with E-state index >= 15 is 0 Å². The van der Waals surface area contributed by atoms with Gasteiger partial charge in [-0.25, -0.2) is 9.97 Å². The Balaban J connectivity index is 1.66. The van der Waals surface area contributed by atoms with Crippen molar-refractivity contribution < 1.29 is 4.79 Å². The van der Waals surface area contributed by atoms with Crippen LogP contribution >= 0.6 is 0 Å². The van der Waals surface area contributed by atoms with Crippen LogP contribution in [0.25, 0.3) is 11.0 Å². The van der Waals surface area contributed by atoms with Gasteiger partial charge in [0.1, 0.15) is 17.8 Å². The molecule has 1 amide bonds. The Bertz CT molecular complexity index is 684. The molecule has 1 aliphatic rings. The third kappa shape index (κ3) is 3.14. The Hall–Kier alpha value is -2.15. The Kier molecular flexibility index (Phi) is 4.47. The minimum atomic E-state index is -0.00321. The number of aromatic amines is 1. The molecule has 23 heavy (non-hydrogen) atoms. The molecule has 0 aromatic carbocycles. The molecule has 7 heteroatoms. The first-order chi connectivity index (χ1) is 11.1. The first-order valence-electron chi connectivity index (χ1n) is 8.07. The summed E-state index contributed by atoms with van der Waals surface area (Å²) in [6.07, 6.45) is 4.62. The molecule has 3 heterocycles. The molecule has 1 saturated heterocycles. The summed E-state index contributed by atoms with van der Waals surface area (Å²) in [5.41, 5.74) is 6.30. The number of H-pyrrole nitrogens is 1. The average Bonchev–Trinajstić information content (AvgIpc) is 3.22. The third-order valence-electron chi connectivity index (χ3n) is 4.82. The fourth-order valence-electron chi connectivity index (χ4n) is 3.39. The molecule has 2 aromatic heterocycles. The molecule has 124 valence electrons. The SMILES string of the molecule is CC(CN(C)C(=O)CN)C1CCN(c2ncnc3[nH]ccc23)C1. The number of nitrogens with one attached hydrogen (secondary N) is 1. The number of anilines is 1. The highest BCUT2D eigenvalue weighted by Crippen LogP contribution is 2.31. The number of carbonyl (C=O) groups is 1. The molecule has 0 radical (unpaired) electrons. The number of carbonyl (C=O) groups excluding carboxylic acids is 1. The van der Waals surface area contributed by atoms with Crippen LogP contribution in [-0.4, -0.2) is 59.0 Å². The van der Waals surface area contributed by atoms with Crippen molar-refractivity contribution in [3.63, 3.8) is 0 Å². The second-order valence-corrected chi connectivity index (χ2v) is 6.39. The fourth-order valence-corrected chi connectivity index (χ4v) is 3.39. The summed E-state index contributed by atoms with van der Waals surface area (Å²) in [5, 5.41) is 1.07. The standard InChI is InChI=1S/C16H24N6O/c1-11(8-21(2)14(23)7-17)12-4-6-22(9-12)16-13-3-5-18-15(13)19-10-20-16/h3,5,10-12H,4,6-9,17H2,1-2H3,(H,18,19,20). The smallest absolute Gasteiger partial charge is 0.236 e. The first-order valence-corrected chi connectivity index (χ1v) is 8.07. The molecule has 1 fully saturated rings. The molecule has 3 N–H and O–H groups in total. The molecule has 0 spiro atoms. The van der Waals surface area contributed by atoms with E-state index < -0.39 is 0 Å². The predicted octanol–water partition coefficient (Wildman–Crippen LogP) is 0.837. The minimum Gasteiger partial charge on any atom is -0.356 e. The van der Waals surface area contributed by atoms with Crippen molar-refractivity contribution in [2.75, 3.05) is 38.1 Å². The van der Waals surface area contributed by atoms with Crippen molar-refractivity contribution in [1.82, 2.24) is 19.9 Å². The number of amides is 1. The number of hydrogen-bond acceptors (Lipinski definition) is 5. The maximum absolute atomic E-state index is 11.6. The zero-order valence-electron chi connectivity index (χ0n) is 13.7. The van der Waals surface area contributed by atoms with Gasteiger partial charge in [0.2, 0.25) is 5.91 Å². The number of nitrogens with two attached hydrogens (primary N) is 1. The van der Waals surface area contributed by atoms with E-state index in [4.69, 9.17) is 5.73 Å². The normalized spacial score (nSPS) is 19.3. The summed E-state index contributed by atoms with van der Waals surface area (Å²) < 4.78 is 0. The maximum atomic E-state index is 11.6. The molecule has 3 rings (SSSR count). The van der Waals surface area contributed by atoms with Crippen LogP contribution in [0.2, 0.25) is 0 Å². The van der Waals surface area contributed by atoms with E-state index in [0.29, 0.717) is 11.8 Å². The van der Waals surface area contributed by atoms with E-state index in [-0.39, 0.29) is 12.5 Å².